The van der Waals surface area contributed by atoms with Crippen molar-refractivity contribution in [2.75, 3.05) is 18.9 Å². The van der Waals surface area contributed by atoms with Gasteiger partial charge in [-0.1, -0.05) is 11.6 Å². The van der Waals surface area contributed by atoms with Crippen LogP contribution in [0.1, 0.15) is 16.9 Å². The molecule has 0 spiro atoms. The number of pyridine rings is 1. The van der Waals surface area contributed by atoms with Crippen LogP contribution in [0.3, 0.4) is 0 Å². The molecule has 19 heavy (non-hydrogen) atoms. The summed E-state index contributed by atoms with van der Waals surface area (Å²) in [5.41, 5.74) is 6.28. The normalized spacial score (nSPS) is 18.9. The van der Waals surface area contributed by atoms with Crippen molar-refractivity contribution in [3.63, 3.8) is 0 Å². The van der Waals surface area contributed by atoms with Crippen molar-refractivity contribution in [2.45, 2.75) is 12.5 Å². The second kappa shape index (κ2) is 4.67. The number of nitrogens with zero attached hydrogens (tertiary/aromatic N) is 3. The van der Waals surface area contributed by atoms with Crippen molar-refractivity contribution >= 4 is 29.1 Å². The van der Waals surface area contributed by atoms with Gasteiger partial charge in [-0.2, -0.15) is 4.98 Å². The molecule has 0 bridgehead atoms. The van der Waals surface area contributed by atoms with Gasteiger partial charge in [-0.3, -0.25) is 4.79 Å². The standard InChI is InChI=1S/C11H12ClN5O2/c12-6-3-8(10(18)14-7-1-2-19-5-7)17-9(4-6)15-11(13)16-17/h3-4,7H,1-2,5H2,(H2,13,16)(H,14,18)/t7-/m0/s1. The Morgan fingerprint density at radius 1 is 1.58 bits per heavy atom. The molecule has 1 amide bonds. The van der Waals surface area contributed by atoms with Crippen molar-refractivity contribution in [2.24, 2.45) is 0 Å². The molecule has 1 atom stereocenters. The van der Waals surface area contributed by atoms with Gasteiger partial charge in [-0.15, -0.1) is 5.10 Å². The number of nitrogen functional groups attached to an aromatic ring is 1. The molecule has 3 heterocycles. The number of nitrogens with one attached hydrogen (secondary N) is 1. The van der Waals surface area contributed by atoms with Gasteiger partial charge < -0.3 is 15.8 Å². The van der Waals surface area contributed by atoms with Crippen molar-refractivity contribution in [1.82, 2.24) is 19.9 Å². The smallest absolute Gasteiger partial charge is 0.270 e. The van der Waals surface area contributed by atoms with E-state index in [9.17, 15) is 4.79 Å². The number of hydrogen-bond donors (Lipinski definition) is 2. The lowest BCUT2D eigenvalue weighted by atomic mass is 10.2. The van der Waals surface area contributed by atoms with E-state index in [2.05, 4.69) is 15.4 Å². The largest absolute Gasteiger partial charge is 0.379 e. The Kier molecular flexibility index (Phi) is 3.00. The van der Waals surface area contributed by atoms with Crippen LogP contribution < -0.4 is 11.1 Å². The molecule has 100 valence electrons. The first-order valence-corrected chi connectivity index (χ1v) is 6.22. The monoisotopic (exact) mass is 281 g/mol. The SMILES string of the molecule is Nc1nc2cc(Cl)cc(C(=O)N[C@H]3CCOC3)n2n1. The molecule has 1 fully saturated rings. The molecular formula is C11H12ClN5O2. The van der Waals surface area contributed by atoms with E-state index in [1.165, 1.54) is 10.6 Å². The van der Waals surface area contributed by atoms with E-state index in [0.717, 1.165) is 6.42 Å². The zero-order chi connectivity index (χ0) is 13.4. The molecule has 0 saturated carbocycles. The summed E-state index contributed by atoms with van der Waals surface area (Å²) in [5.74, 6) is -0.173. The third-order valence-corrected chi connectivity index (χ3v) is 3.13. The highest BCUT2D eigenvalue weighted by Crippen LogP contribution is 2.16. The Bertz CT molecular complexity index is 635. The highest BCUT2D eigenvalue weighted by molar-refractivity contribution is 6.31. The van der Waals surface area contributed by atoms with Crippen LogP contribution in [0.4, 0.5) is 5.95 Å². The molecular weight excluding hydrogens is 270 g/mol. The van der Waals surface area contributed by atoms with Crippen LogP contribution in [-0.2, 0) is 4.74 Å². The second-order valence-electron chi connectivity index (χ2n) is 4.33. The summed E-state index contributed by atoms with van der Waals surface area (Å²) in [6.45, 7) is 1.18. The van der Waals surface area contributed by atoms with Crippen LogP contribution >= 0.6 is 11.6 Å². The summed E-state index contributed by atoms with van der Waals surface area (Å²) in [5, 5.41) is 7.26. The van der Waals surface area contributed by atoms with Gasteiger partial charge >= 0.3 is 0 Å². The number of aromatic nitrogens is 3. The number of hydrogen-bond acceptors (Lipinski definition) is 5. The molecule has 0 aliphatic carbocycles. The lowest BCUT2D eigenvalue weighted by Crippen LogP contribution is -2.36. The van der Waals surface area contributed by atoms with Gasteiger partial charge in [0.2, 0.25) is 5.95 Å². The van der Waals surface area contributed by atoms with Gasteiger partial charge in [-0.25, -0.2) is 4.52 Å². The fourth-order valence-electron chi connectivity index (χ4n) is 2.04. The van der Waals surface area contributed by atoms with E-state index in [4.69, 9.17) is 22.1 Å². The van der Waals surface area contributed by atoms with Gasteiger partial charge in [0, 0.05) is 17.7 Å². The van der Waals surface area contributed by atoms with Crippen molar-refractivity contribution in [3.8, 4) is 0 Å². The molecule has 2 aromatic heterocycles. The number of anilines is 1. The maximum atomic E-state index is 12.2. The third kappa shape index (κ3) is 2.34. The second-order valence-corrected chi connectivity index (χ2v) is 4.77. The van der Waals surface area contributed by atoms with Gasteiger partial charge in [-0.05, 0) is 12.5 Å². The summed E-state index contributed by atoms with van der Waals surface area (Å²) in [6.07, 6.45) is 0.801. The number of ether oxygens (including phenoxy) is 1. The summed E-state index contributed by atoms with van der Waals surface area (Å²) in [7, 11) is 0. The van der Waals surface area contributed by atoms with E-state index < -0.39 is 0 Å². The van der Waals surface area contributed by atoms with Gasteiger partial charge in [0.15, 0.2) is 5.65 Å². The molecule has 0 unspecified atom stereocenters. The van der Waals surface area contributed by atoms with Crippen LogP contribution in [0.25, 0.3) is 5.65 Å². The Morgan fingerprint density at radius 3 is 3.16 bits per heavy atom. The maximum absolute atomic E-state index is 12.2. The van der Waals surface area contributed by atoms with Crippen LogP contribution in [0.2, 0.25) is 5.02 Å². The molecule has 3 rings (SSSR count). The van der Waals surface area contributed by atoms with Crippen molar-refractivity contribution < 1.29 is 9.53 Å². The molecule has 3 N–H and O–H groups in total. The predicted octanol–water partition coefficient (Wildman–Crippen LogP) is 0.484. The van der Waals surface area contributed by atoms with E-state index in [-0.39, 0.29) is 17.9 Å². The van der Waals surface area contributed by atoms with Gasteiger partial charge in [0.1, 0.15) is 5.69 Å². The molecule has 2 aromatic rings. The van der Waals surface area contributed by atoms with Crippen LogP contribution in [-0.4, -0.2) is 39.8 Å². The quantitative estimate of drug-likeness (QED) is 0.835. The summed E-state index contributed by atoms with van der Waals surface area (Å²) in [6, 6.07) is 3.15. The fraction of sp³-hybridized carbons (Fsp3) is 0.364. The summed E-state index contributed by atoms with van der Waals surface area (Å²) < 4.78 is 6.59. The summed E-state index contributed by atoms with van der Waals surface area (Å²) >= 11 is 5.97. The highest BCUT2D eigenvalue weighted by Gasteiger charge is 2.21. The lowest BCUT2D eigenvalue weighted by molar-refractivity contribution is 0.0922. The number of fused-ring (bicyclic) bond motifs is 1. The molecule has 8 heteroatoms. The van der Waals surface area contributed by atoms with Crippen molar-refractivity contribution in [3.05, 3.63) is 22.8 Å². The average Bonchev–Trinajstić information content (AvgIpc) is 2.96. The van der Waals surface area contributed by atoms with E-state index in [1.807, 2.05) is 0 Å². The van der Waals surface area contributed by atoms with Crippen LogP contribution in [0.5, 0.6) is 0 Å². The number of amides is 1. The minimum absolute atomic E-state index is 0.0161. The van der Waals surface area contributed by atoms with E-state index in [0.29, 0.717) is 29.6 Å². The lowest BCUT2D eigenvalue weighted by Gasteiger charge is -2.11. The minimum atomic E-state index is -0.270. The molecule has 1 saturated heterocycles. The maximum Gasteiger partial charge on any atom is 0.270 e. The molecule has 0 radical (unpaired) electrons. The first kappa shape index (κ1) is 12.2. The fourth-order valence-corrected chi connectivity index (χ4v) is 2.24. The van der Waals surface area contributed by atoms with E-state index >= 15 is 0 Å². The van der Waals surface area contributed by atoms with E-state index in [1.54, 1.807) is 6.07 Å². The number of carbonyl (C=O) groups is 1. The van der Waals surface area contributed by atoms with Gasteiger partial charge in [0.05, 0.1) is 12.6 Å². The number of carbonyl (C=O) groups excluding carboxylic acids is 1. The minimum Gasteiger partial charge on any atom is -0.379 e. The molecule has 7 nitrogen and oxygen atoms in total. The molecule has 1 aliphatic rings. The zero-order valence-corrected chi connectivity index (χ0v) is 10.7. The third-order valence-electron chi connectivity index (χ3n) is 2.92. The van der Waals surface area contributed by atoms with Crippen LogP contribution in [0.15, 0.2) is 12.1 Å². The highest BCUT2D eigenvalue weighted by atomic mass is 35.5. The van der Waals surface area contributed by atoms with Gasteiger partial charge in [0.25, 0.3) is 5.91 Å². The number of halogens is 1. The first-order valence-electron chi connectivity index (χ1n) is 5.84. The Hall–Kier alpha value is -1.86. The molecule has 1 aliphatic heterocycles. The Morgan fingerprint density at radius 2 is 2.42 bits per heavy atom. The topological polar surface area (TPSA) is 94.5 Å². The predicted molar refractivity (Wildman–Crippen MR) is 69.1 cm³/mol. The number of rotatable bonds is 2. The number of nitrogens with two attached hydrogens (primary N) is 1. The Labute approximate surface area is 113 Å². The summed E-state index contributed by atoms with van der Waals surface area (Å²) in [4.78, 5) is 16.2. The zero-order valence-electron chi connectivity index (χ0n) is 9.97. The molecule has 0 aromatic carbocycles. The average molecular weight is 282 g/mol. The first-order chi connectivity index (χ1) is 9.13. The van der Waals surface area contributed by atoms with Crippen molar-refractivity contribution in [1.29, 1.82) is 0 Å². The van der Waals surface area contributed by atoms with Crippen LogP contribution in [0, 0.1) is 0 Å². The Balaban J connectivity index is 1.96.